The fraction of sp³-hybridized carbons (Fsp3) is 0.353. The van der Waals surface area contributed by atoms with Crippen molar-refractivity contribution >= 4 is 25.8 Å². The lowest BCUT2D eigenvalue weighted by Crippen LogP contribution is -2.29. The average molecular weight is 412 g/mol. The molecular formula is C17H20N2O6S2. The molecule has 2 aromatic rings. The molecule has 0 unspecified atom stereocenters. The SMILES string of the molecule is O=C(NCCS(=O)(=O)c1ccccc1)c1ccc(S(=O)(=O)N2CCCC2)o1. The van der Waals surface area contributed by atoms with Crippen LogP contribution in [-0.4, -0.2) is 52.4 Å². The Labute approximate surface area is 158 Å². The van der Waals surface area contributed by atoms with Crippen LogP contribution in [0.25, 0.3) is 0 Å². The summed E-state index contributed by atoms with van der Waals surface area (Å²) in [5.41, 5.74) is 0. The molecule has 0 saturated carbocycles. The highest BCUT2D eigenvalue weighted by Crippen LogP contribution is 2.22. The third-order valence-corrected chi connectivity index (χ3v) is 7.73. The van der Waals surface area contributed by atoms with Crippen LogP contribution in [0.5, 0.6) is 0 Å². The molecule has 0 spiro atoms. The lowest BCUT2D eigenvalue weighted by molar-refractivity contribution is 0.0923. The molecule has 27 heavy (non-hydrogen) atoms. The first-order chi connectivity index (χ1) is 12.8. The van der Waals surface area contributed by atoms with Gasteiger partial charge in [0.2, 0.25) is 5.09 Å². The predicted octanol–water partition coefficient (Wildman–Crippen LogP) is 1.27. The second kappa shape index (κ2) is 7.83. The standard InChI is InChI=1S/C17H20N2O6S2/c20-17(18-10-13-26(21,22)14-6-2-1-3-7-14)15-8-9-16(25-15)27(23,24)19-11-4-5-12-19/h1-3,6-9H,4-5,10-13H2,(H,18,20). The zero-order valence-electron chi connectivity index (χ0n) is 14.5. The van der Waals surface area contributed by atoms with Gasteiger partial charge in [0, 0.05) is 19.6 Å². The summed E-state index contributed by atoms with van der Waals surface area (Å²) in [6.07, 6.45) is 1.59. The molecule has 0 atom stereocenters. The number of sulfone groups is 1. The van der Waals surface area contributed by atoms with E-state index in [0.717, 1.165) is 12.8 Å². The number of hydrogen-bond acceptors (Lipinski definition) is 6. The molecule has 1 fully saturated rings. The summed E-state index contributed by atoms with van der Waals surface area (Å²) in [5, 5.41) is 2.15. The van der Waals surface area contributed by atoms with Crippen molar-refractivity contribution in [3.63, 3.8) is 0 Å². The Morgan fingerprint density at radius 3 is 2.33 bits per heavy atom. The van der Waals surface area contributed by atoms with Gasteiger partial charge in [-0.1, -0.05) is 18.2 Å². The minimum Gasteiger partial charge on any atom is -0.438 e. The van der Waals surface area contributed by atoms with Crippen LogP contribution in [0.1, 0.15) is 23.4 Å². The molecule has 146 valence electrons. The van der Waals surface area contributed by atoms with Crippen LogP contribution in [0.4, 0.5) is 0 Å². The summed E-state index contributed by atoms with van der Waals surface area (Å²) >= 11 is 0. The van der Waals surface area contributed by atoms with E-state index < -0.39 is 25.8 Å². The summed E-state index contributed by atoms with van der Waals surface area (Å²) in [6, 6.07) is 10.4. The Hall–Kier alpha value is -2.17. The maximum atomic E-state index is 12.4. The van der Waals surface area contributed by atoms with E-state index in [0.29, 0.717) is 13.1 Å². The van der Waals surface area contributed by atoms with Gasteiger partial charge in [0.25, 0.3) is 15.9 Å². The molecule has 1 aromatic heterocycles. The van der Waals surface area contributed by atoms with Crippen LogP contribution in [0.3, 0.4) is 0 Å². The van der Waals surface area contributed by atoms with E-state index in [1.165, 1.54) is 28.6 Å². The Morgan fingerprint density at radius 2 is 1.67 bits per heavy atom. The molecule has 0 radical (unpaired) electrons. The predicted molar refractivity (Wildman–Crippen MR) is 97.5 cm³/mol. The van der Waals surface area contributed by atoms with Crippen molar-refractivity contribution in [3.8, 4) is 0 Å². The van der Waals surface area contributed by atoms with Gasteiger partial charge in [-0.2, -0.15) is 4.31 Å². The third-order valence-electron chi connectivity index (χ3n) is 4.22. The van der Waals surface area contributed by atoms with E-state index in [-0.39, 0.29) is 28.0 Å². The first-order valence-electron chi connectivity index (χ1n) is 8.47. The highest BCUT2D eigenvalue weighted by Gasteiger charge is 2.30. The van der Waals surface area contributed by atoms with Crippen LogP contribution in [-0.2, 0) is 19.9 Å². The maximum absolute atomic E-state index is 12.4. The summed E-state index contributed by atoms with van der Waals surface area (Å²) in [5.74, 6) is -1.12. The van der Waals surface area contributed by atoms with Gasteiger partial charge in [0.1, 0.15) is 0 Å². The Morgan fingerprint density at radius 1 is 1.00 bits per heavy atom. The first-order valence-corrected chi connectivity index (χ1v) is 11.6. The number of carbonyl (C=O) groups excluding carboxylic acids is 1. The van der Waals surface area contributed by atoms with Gasteiger partial charge in [0.15, 0.2) is 15.6 Å². The number of amides is 1. The van der Waals surface area contributed by atoms with E-state index in [1.807, 2.05) is 0 Å². The van der Waals surface area contributed by atoms with Crippen molar-refractivity contribution in [2.45, 2.75) is 22.8 Å². The lowest BCUT2D eigenvalue weighted by Gasteiger charge is -2.12. The summed E-state index contributed by atoms with van der Waals surface area (Å²) in [7, 11) is -7.26. The van der Waals surface area contributed by atoms with E-state index in [1.54, 1.807) is 18.2 Å². The number of rotatable bonds is 7. The summed E-state index contributed by atoms with van der Waals surface area (Å²) in [6.45, 7) is 0.745. The summed E-state index contributed by atoms with van der Waals surface area (Å²) < 4.78 is 55.7. The Kier molecular flexibility index (Phi) is 5.68. The normalized spacial score (nSPS) is 15.7. The molecule has 1 aliphatic rings. The van der Waals surface area contributed by atoms with Gasteiger partial charge >= 0.3 is 0 Å². The maximum Gasteiger partial charge on any atom is 0.287 e. The van der Waals surface area contributed by atoms with Gasteiger partial charge in [-0.15, -0.1) is 0 Å². The Balaban J connectivity index is 1.60. The minimum atomic E-state index is -3.74. The van der Waals surface area contributed by atoms with Gasteiger partial charge in [-0.25, -0.2) is 16.8 Å². The van der Waals surface area contributed by atoms with Gasteiger partial charge < -0.3 is 9.73 Å². The minimum absolute atomic E-state index is 0.120. The van der Waals surface area contributed by atoms with E-state index in [2.05, 4.69) is 5.32 Å². The molecule has 10 heteroatoms. The van der Waals surface area contributed by atoms with Crippen LogP contribution >= 0.6 is 0 Å². The molecule has 0 aliphatic carbocycles. The summed E-state index contributed by atoms with van der Waals surface area (Å²) in [4.78, 5) is 12.3. The molecule has 3 rings (SSSR count). The second-order valence-corrected chi connectivity index (χ2v) is 10.1. The zero-order valence-corrected chi connectivity index (χ0v) is 16.1. The quantitative estimate of drug-likeness (QED) is 0.733. The molecule has 2 heterocycles. The van der Waals surface area contributed by atoms with E-state index >= 15 is 0 Å². The van der Waals surface area contributed by atoms with Crippen LogP contribution in [0.2, 0.25) is 0 Å². The number of benzene rings is 1. The lowest BCUT2D eigenvalue weighted by atomic mass is 10.4. The monoisotopic (exact) mass is 412 g/mol. The molecule has 8 nitrogen and oxygen atoms in total. The molecule has 1 aliphatic heterocycles. The zero-order chi connectivity index (χ0) is 19.5. The molecule has 0 bridgehead atoms. The van der Waals surface area contributed by atoms with Gasteiger partial charge in [0.05, 0.1) is 10.6 Å². The van der Waals surface area contributed by atoms with Crippen molar-refractivity contribution in [3.05, 3.63) is 48.2 Å². The van der Waals surface area contributed by atoms with Crippen molar-refractivity contribution in [2.24, 2.45) is 0 Å². The number of furan rings is 1. The number of carbonyl (C=O) groups is 1. The molecule has 1 saturated heterocycles. The van der Waals surface area contributed by atoms with Crippen LogP contribution < -0.4 is 5.32 Å². The average Bonchev–Trinajstić information content (AvgIpc) is 3.34. The molecule has 1 aromatic carbocycles. The van der Waals surface area contributed by atoms with Gasteiger partial charge in [-0.05, 0) is 37.1 Å². The second-order valence-electron chi connectivity index (χ2n) is 6.12. The number of nitrogens with zero attached hydrogens (tertiary/aromatic N) is 1. The molecule has 1 amide bonds. The van der Waals surface area contributed by atoms with Gasteiger partial charge in [-0.3, -0.25) is 4.79 Å². The highest BCUT2D eigenvalue weighted by molar-refractivity contribution is 7.91. The molecular weight excluding hydrogens is 392 g/mol. The van der Waals surface area contributed by atoms with E-state index in [9.17, 15) is 21.6 Å². The topological polar surface area (TPSA) is 114 Å². The largest absolute Gasteiger partial charge is 0.438 e. The van der Waals surface area contributed by atoms with Crippen molar-refractivity contribution < 1.29 is 26.0 Å². The molecule has 1 N–H and O–H groups in total. The van der Waals surface area contributed by atoms with Crippen molar-refractivity contribution in [1.29, 1.82) is 0 Å². The van der Waals surface area contributed by atoms with Crippen molar-refractivity contribution in [2.75, 3.05) is 25.4 Å². The first kappa shape index (κ1) is 19.6. The number of hydrogen-bond donors (Lipinski definition) is 1. The van der Waals surface area contributed by atoms with Crippen molar-refractivity contribution in [1.82, 2.24) is 9.62 Å². The van der Waals surface area contributed by atoms with Crippen LogP contribution in [0.15, 0.2) is 56.9 Å². The fourth-order valence-electron chi connectivity index (χ4n) is 2.77. The third kappa shape index (κ3) is 4.40. The fourth-order valence-corrected chi connectivity index (χ4v) is 5.38. The van der Waals surface area contributed by atoms with Crippen LogP contribution in [0, 0.1) is 0 Å². The number of sulfonamides is 1. The van der Waals surface area contributed by atoms with E-state index in [4.69, 9.17) is 4.42 Å². The Bertz CT molecular complexity index is 1010. The smallest absolute Gasteiger partial charge is 0.287 e. The highest BCUT2D eigenvalue weighted by atomic mass is 32.2. The number of nitrogens with one attached hydrogen (secondary N) is 1.